The molecule has 0 aliphatic rings. The van der Waals surface area contributed by atoms with E-state index in [1.165, 1.54) is 7.11 Å². The number of aryl methyl sites for hydroxylation is 2. The first-order valence-corrected chi connectivity index (χ1v) is 6.17. The van der Waals surface area contributed by atoms with Gasteiger partial charge in [-0.3, -0.25) is 9.48 Å². The number of rotatable bonds is 5. The molecule has 5 nitrogen and oxygen atoms in total. The highest BCUT2D eigenvalue weighted by molar-refractivity contribution is 5.70. The first kappa shape index (κ1) is 14.7. The first-order chi connectivity index (χ1) is 8.29. The lowest BCUT2D eigenvalue weighted by Crippen LogP contribution is -2.40. The van der Waals surface area contributed by atoms with Crippen LogP contribution in [0.4, 0.5) is 0 Å². The second kappa shape index (κ2) is 5.52. The molecule has 18 heavy (non-hydrogen) atoms. The Morgan fingerprint density at radius 3 is 2.67 bits per heavy atom. The predicted octanol–water partition coefficient (Wildman–Crippen LogP) is 1.37. The monoisotopic (exact) mass is 253 g/mol. The number of nitrogens with zero attached hydrogens (tertiary/aromatic N) is 2. The van der Waals surface area contributed by atoms with Gasteiger partial charge in [-0.2, -0.15) is 5.10 Å². The molecule has 0 aliphatic heterocycles. The lowest BCUT2D eigenvalue weighted by Gasteiger charge is -2.29. The highest BCUT2D eigenvalue weighted by Crippen LogP contribution is 2.32. The molecule has 0 aromatic carbocycles. The Hall–Kier alpha value is -1.36. The fraction of sp³-hybridized carbons (Fsp3) is 0.692. The summed E-state index contributed by atoms with van der Waals surface area (Å²) in [7, 11) is 3.27. The van der Waals surface area contributed by atoms with Crippen molar-refractivity contribution in [2.75, 3.05) is 7.11 Å². The van der Waals surface area contributed by atoms with Gasteiger partial charge in [-0.1, -0.05) is 6.92 Å². The molecule has 1 aromatic rings. The summed E-state index contributed by atoms with van der Waals surface area (Å²) in [5.41, 5.74) is 7.73. The largest absolute Gasteiger partial charge is 0.469 e. The number of carbonyl (C=O) groups excluding carboxylic acids is 1. The number of esters is 1. The SMILES string of the molecule is CCc1nn(C)cc1C(CC(=O)OC)C(C)(C)N. The molecule has 1 heterocycles. The Balaban J connectivity index is 3.13. The van der Waals surface area contributed by atoms with Crippen molar-refractivity contribution in [2.24, 2.45) is 12.8 Å². The molecule has 0 amide bonds. The number of hydrogen-bond donors (Lipinski definition) is 1. The Bertz CT molecular complexity index is 418. The molecule has 1 atom stereocenters. The molecule has 2 N–H and O–H groups in total. The van der Waals surface area contributed by atoms with Crippen molar-refractivity contribution in [3.05, 3.63) is 17.5 Å². The standard InChI is InChI=1S/C13H23N3O2/c1-6-11-9(8-16(4)15-11)10(13(2,3)14)7-12(17)18-5/h8,10H,6-7,14H2,1-5H3. The molecular weight excluding hydrogens is 230 g/mol. The third-order valence-electron chi connectivity index (χ3n) is 3.14. The van der Waals surface area contributed by atoms with Crippen LogP contribution in [0.5, 0.6) is 0 Å². The molecule has 0 spiro atoms. The van der Waals surface area contributed by atoms with Crippen molar-refractivity contribution in [1.29, 1.82) is 0 Å². The van der Waals surface area contributed by atoms with Gasteiger partial charge < -0.3 is 10.5 Å². The van der Waals surface area contributed by atoms with E-state index in [-0.39, 0.29) is 18.3 Å². The van der Waals surface area contributed by atoms with Crippen LogP contribution in [-0.2, 0) is 23.0 Å². The normalized spacial score (nSPS) is 13.4. The van der Waals surface area contributed by atoms with E-state index in [9.17, 15) is 4.79 Å². The summed E-state index contributed by atoms with van der Waals surface area (Å²) >= 11 is 0. The highest BCUT2D eigenvalue weighted by atomic mass is 16.5. The Morgan fingerprint density at radius 2 is 2.22 bits per heavy atom. The molecule has 1 aromatic heterocycles. The quantitative estimate of drug-likeness (QED) is 0.804. The van der Waals surface area contributed by atoms with E-state index in [2.05, 4.69) is 5.10 Å². The summed E-state index contributed by atoms with van der Waals surface area (Å²) in [5.74, 6) is -0.335. The first-order valence-electron chi connectivity index (χ1n) is 6.17. The maximum atomic E-state index is 11.5. The highest BCUT2D eigenvalue weighted by Gasteiger charge is 2.32. The molecule has 1 rings (SSSR count). The van der Waals surface area contributed by atoms with Crippen molar-refractivity contribution >= 4 is 5.97 Å². The smallest absolute Gasteiger partial charge is 0.306 e. The Morgan fingerprint density at radius 1 is 1.61 bits per heavy atom. The minimum atomic E-state index is -0.499. The van der Waals surface area contributed by atoms with Gasteiger partial charge in [-0.25, -0.2) is 0 Å². The van der Waals surface area contributed by atoms with Crippen LogP contribution in [0, 0.1) is 0 Å². The minimum Gasteiger partial charge on any atom is -0.469 e. The van der Waals surface area contributed by atoms with E-state index < -0.39 is 5.54 Å². The molecule has 0 aliphatic carbocycles. The maximum Gasteiger partial charge on any atom is 0.306 e. The van der Waals surface area contributed by atoms with Crippen molar-refractivity contribution in [3.8, 4) is 0 Å². The summed E-state index contributed by atoms with van der Waals surface area (Å²) in [6, 6.07) is 0. The molecule has 0 radical (unpaired) electrons. The summed E-state index contributed by atoms with van der Waals surface area (Å²) in [6.07, 6.45) is 3.05. The topological polar surface area (TPSA) is 70.1 Å². The van der Waals surface area contributed by atoms with Crippen LogP contribution in [0.1, 0.15) is 44.4 Å². The number of carbonyl (C=O) groups is 1. The average Bonchev–Trinajstić information content (AvgIpc) is 2.64. The predicted molar refractivity (Wildman–Crippen MR) is 70.2 cm³/mol. The zero-order valence-corrected chi connectivity index (χ0v) is 11.9. The van der Waals surface area contributed by atoms with Gasteiger partial charge in [0.1, 0.15) is 0 Å². The van der Waals surface area contributed by atoms with E-state index in [1.807, 2.05) is 34.0 Å². The van der Waals surface area contributed by atoms with Crippen LogP contribution in [0.3, 0.4) is 0 Å². The van der Waals surface area contributed by atoms with E-state index in [0.717, 1.165) is 17.7 Å². The van der Waals surface area contributed by atoms with Crippen LogP contribution in [-0.4, -0.2) is 28.4 Å². The number of hydrogen-bond acceptors (Lipinski definition) is 4. The zero-order chi connectivity index (χ0) is 13.9. The molecular formula is C13H23N3O2. The summed E-state index contributed by atoms with van der Waals surface area (Å²) < 4.78 is 6.52. The third kappa shape index (κ3) is 3.32. The van der Waals surface area contributed by atoms with Crippen molar-refractivity contribution in [1.82, 2.24) is 9.78 Å². The molecule has 1 unspecified atom stereocenters. The maximum absolute atomic E-state index is 11.5. The van der Waals surface area contributed by atoms with Gasteiger partial charge in [0.25, 0.3) is 0 Å². The molecule has 0 saturated carbocycles. The Labute approximate surface area is 108 Å². The zero-order valence-electron chi connectivity index (χ0n) is 11.9. The number of methoxy groups -OCH3 is 1. The fourth-order valence-electron chi connectivity index (χ4n) is 2.14. The third-order valence-corrected chi connectivity index (χ3v) is 3.14. The second-order valence-corrected chi connectivity index (χ2v) is 5.21. The van der Waals surface area contributed by atoms with Gasteiger partial charge in [0.2, 0.25) is 0 Å². The molecule has 102 valence electrons. The number of aromatic nitrogens is 2. The van der Waals surface area contributed by atoms with E-state index in [4.69, 9.17) is 10.5 Å². The van der Waals surface area contributed by atoms with Crippen LogP contribution in [0.15, 0.2) is 6.20 Å². The van der Waals surface area contributed by atoms with Crippen LogP contribution in [0.2, 0.25) is 0 Å². The van der Waals surface area contributed by atoms with Gasteiger partial charge >= 0.3 is 5.97 Å². The van der Waals surface area contributed by atoms with Crippen LogP contribution in [0.25, 0.3) is 0 Å². The van der Waals surface area contributed by atoms with Gasteiger partial charge in [0.05, 0.1) is 19.2 Å². The summed E-state index contributed by atoms with van der Waals surface area (Å²) in [6.45, 7) is 5.89. The van der Waals surface area contributed by atoms with Gasteiger partial charge in [0.15, 0.2) is 0 Å². The van der Waals surface area contributed by atoms with Crippen molar-refractivity contribution in [3.63, 3.8) is 0 Å². The van der Waals surface area contributed by atoms with E-state index >= 15 is 0 Å². The van der Waals surface area contributed by atoms with Crippen LogP contribution < -0.4 is 5.73 Å². The van der Waals surface area contributed by atoms with Crippen LogP contribution >= 0.6 is 0 Å². The molecule has 5 heteroatoms. The lowest BCUT2D eigenvalue weighted by molar-refractivity contribution is -0.141. The molecule has 0 saturated heterocycles. The van der Waals surface area contributed by atoms with E-state index in [0.29, 0.717) is 0 Å². The van der Waals surface area contributed by atoms with Gasteiger partial charge in [-0.15, -0.1) is 0 Å². The van der Waals surface area contributed by atoms with Gasteiger partial charge in [-0.05, 0) is 25.8 Å². The van der Waals surface area contributed by atoms with Crippen molar-refractivity contribution in [2.45, 2.75) is 45.1 Å². The minimum absolute atomic E-state index is 0.0893. The van der Waals surface area contributed by atoms with E-state index in [1.54, 1.807) is 4.68 Å². The number of nitrogens with two attached hydrogens (primary N) is 1. The molecule has 0 bridgehead atoms. The second-order valence-electron chi connectivity index (χ2n) is 5.21. The summed E-state index contributed by atoms with van der Waals surface area (Å²) in [4.78, 5) is 11.5. The van der Waals surface area contributed by atoms with Gasteiger partial charge in [0, 0.05) is 24.7 Å². The van der Waals surface area contributed by atoms with Crippen molar-refractivity contribution < 1.29 is 9.53 Å². The lowest BCUT2D eigenvalue weighted by atomic mass is 9.80. The summed E-state index contributed by atoms with van der Waals surface area (Å²) in [5, 5.41) is 4.41. The molecule has 0 fully saturated rings. The Kier molecular flexibility index (Phi) is 4.51. The fourth-order valence-corrected chi connectivity index (χ4v) is 2.14. The number of ether oxygens (including phenoxy) is 1. The average molecular weight is 253 g/mol.